The molecule has 3 rings (SSSR count). The summed E-state index contributed by atoms with van der Waals surface area (Å²) in [6.45, 7) is 8.22. The van der Waals surface area contributed by atoms with E-state index in [9.17, 15) is 13.7 Å². The van der Waals surface area contributed by atoms with Gasteiger partial charge in [-0.25, -0.2) is 30.5 Å². The maximum absolute atomic E-state index is 12.6. The average Bonchev–Trinajstić information content (AvgIpc) is 3.32. The summed E-state index contributed by atoms with van der Waals surface area (Å²) in [5.41, 5.74) is 20.0. The minimum Gasteiger partial charge on any atom is -0.494 e. The van der Waals surface area contributed by atoms with Crippen LogP contribution in [0.1, 0.15) is 42.9 Å². The molecule has 3 aromatic rings. The van der Waals surface area contributed by atoms with Crippen LogP contribution in [0.25, 0.3) is 0 Å². The molecule has 0 amide bonds. The summed E-state index contributed by atoms with van der Waals surface area (Å²) in [5, 5.41) is 0.892. The van der Waals surface area contributed by atoms with Crippen LogP contribution in [-0.4, -0.2) is 132 Å². The number of halogens is 7. The van der Waals surface area contributed by atoms with Crippen molar-refractivity contribution < 1.29 is 36.7 Å². The summed E-state index contributed by atoms with van der Waals surface area (Å²) < 4.78 is 69.5. The van der Waals surface area contributed by atoms with E-state index in [-0.39, 0.29) is 19.8 Å². The first-order valence-corrected chi connectivity index (χ1v) is 31.3. The Hall–Kier alpha value is -0.230. The molecule has 0 heterocycles. The highest BCUT2D eigenvalue weighted by Gasteiger charge is 2.28. The lowest BCUT2D eigenvalue weighted by molar-refractivity contribution is 0.253. The molecule has 0 aliphatic rings. The standard InChI is InChI=1S/C18H32Cl2N3O3P.C14H22BrCl2N2O3P.C11H17Cl2N2O2P/c1-3-10-22(2)11-5-14-25-18-7-4-6-17(15-18)16-26-27(21,24)23(12-8-19)13-9-20;15-5-2-10-21-14-4-1-3-13(11-14)12-22-23(18,20)19(8-6-16)9-7-17;12-6-8-15(9-7-13)18(14,16)17-10-11-4-2-1-3-5-11/h4,6-7,15H,3,5,8-14,16H2,1-2H3,(H2,21,24);1,3-4,11H,2,5-10,12H2,(H2,18,20);1-5H,6-10H2,(H2,14,16). The van der Waals surface area contributed by atoms with Gasteiger partial charge in [-0.15, -0.1) is 69.6 Å². The number of nitrogens with two attached hydrogens (primary N) is 3. The molecule has 25 heteroatoms. The first-order valence-electron chi connectivity index (χ1n) is 22.0. The van der Waals surface area contributed by atoms with E-state index in [0.29, 0.717) is 87.8 Å². The third kappa shape index (κ3) is 29.5. The lowest BCUT2D eigenvalue weighted by Gasteiger charge is -2.26. The second-order valence-corrected chi connectivity index (χ2v) is 23.6. The smallest absolute Gasteiger partial charge is 0.341 e. The maximum Gasteiger partial charge on any atom is 0.341 e. The average molecular weight is 1200 g/mol. The zero-order chi connectivity index (χ0) is 50.7. The van der Waals surface area contributed by atoms with Gasteiger partial charge in [-0.2, -0.15) is 0 Å². The van der Waals surface area contributed by atoms with Crippen molar-refractivity contribution in [2.75, 3.05) is 113 Å². The molecule has 0 aliphatic heterocycles. The predicted molar refractivity (Wildman–Crippen MR) is 290 cm³/mol. The summed E-state index contributed by atoms with van der Waals surface area (Å²) in [5.74, 6) is 3.38. The third-order valence-electron chi connectivity index (χ3n) is 9.23. The Kier molecular flexibility index (Phi) is 38.0. The van der Waals surface area contributed by atoms with Gasteiger partial charge in [-0.1, -0.05) is 77.5 Å². The molecule has 3 atom stereocenters. The largest absolute Gasteiger partial charge is 0.494 e. The lowest BCUT2D eigenvalue weighted by atomic mass is 10.2. The van der Waals surface area contributed by atoms with Crippen molar-refractivity contribution in [3.63, 3.8) is 0 Å². The highest BCUT2D eigenvalue weighted by molar-refractivity contribution is 9.09. The van der Waals surface area contributed by atoms with Crippen LogP contribution in [0.2, 0.25) is 0 Å². The number of alkyl halides is 7. The molecule has 0 saturated carbocycles. The molecule has 390 valence electrons. The summed E-state index contributed by atoms with van der Waals surface area (Å²) in [6, 6.07) is 24.4. The van der Waals surface area contributed by atoms with Crippen molar-refractivity contribution in [2.45, 2.75) is 46.0 Å². The summed E-state index contributed by atoms with van der Waals surface area (Å²) in [6.07, 6.45) is 3.03. The number of ether oxygens (including phenoxy) is 2. The van der Waals surface area contributed by atoms with Crippen LogP contribution in [0.5, 0.6) is 11.5 Å². The van der Waals surface area contributed by atoms with Crippen molar-refractivity contribution in [3.05, 3.63) is 95.6 Å². The van der Waals surface area contributed by atoms with Crippen molar-refractivity contribution in [1.29, 1.82) is 0 Å². The van der Waals surface area contributed by atoms with Gasteiger partial charge in [0.2, 0.25) is 0 Å². The van der Waals surface area contributed by atoms with Crippen LogP contribution in [0.4, 0.5) is 0 Å². The first-order chi connectivity index (χ1) is 32.6. The van der Waals surface area contributed by atoms with E-state index in [1.165, 1.54) is 14.0 Å². The van der Waals surface area contributed by atoms with E-state index in [2.05, 4.69) is 34.8 Å². The Bertz CT molecular complexity index is 1880. The van der Waals surface area contributed by atoms with Gasteiger partial charge in [0.15, 0.2) is 0 Å². The van der Waals surface area contributed by atoms with Gasteiger partial charge in [0.05, 0.1) is 33.0 Å². The van der Waals surface area contributed by atoms with Crippen LogP contribution < -0.4 is 26.0 Å². The van der Waals surface area contributed by atoms with Crippen molar-refractivity contribution in [2.24, 2.45) is 16.5 Å². The quantitative estimate of drug-likeness (QED) is 0.0286. The molecule has 68 heavy (non-hydrogen) atoms. The number of nitrogens with zero attached hydrogens (tertiary/aromatic N) is 4. The van der Waals surface area contributed by atoms with Crippen molar-refractivity contribution >= 4 is 109 Å². The fourth-order valence-corrected chi connectivity index (χ4v) is 11.7. The van der Waals surface area contributed by atoms with Crippen LogP contribution >= 0.6 is 109 Å². The van der Waals surface area contributed by atoms with E-state index in [1.807, 2.05) is 78.9 Å². The Morgan fingerprint density at radius 1 is 0.500 bits per heavy atom. The molecule has 15 nitrogen and oxygen atoms in total. The molecule has 3 unspecified atom stereocenters. The Labute approximate surface area is 443 Å². The molecule has 0 radical (unpaired) electrons. The molecule has 0 fully saturated rings. The monoisotopic (exact) mass is 1200 g/mol. The van der Waals surface area contributed by atoms with E-state index < -0.39 is 23.0 Å². The molecular weight excluding hydrogens is 1130 g/mol. The van der Waals surface area contributed by atoms with Gasteiger partial charge < -0.3 is 27.9 Å². The van der Waals surface area contributed by atoms with Gasteiger partial charge in [0.25, 0.3) is 0 Å². The number of rotatable bonds is 35. The molecule has 0 bridgehead atoms. The predicted octanol–water partition coefficient (Wildman–Crippen LogP) is 11.4. The summed E-state index contributed by atoms with van der Waals surface area (Å²) in [4.78, 5) is 2.29. The van der Waals surface area contributed by atoms with Crippen LogP contribution in [0.15, 0.2) is 78.9 Å². The fraction of sp³-hybridized carbons (Fsp3) is 0.581. The van der Waals surface area contributed by atoms with E-state index >= 15 is 0 Å². The zero-order valence-electron chi connectivity index (χ0n) is 39.0. The lowest BCUT2D eigenvalue weighted by Crippen LogP contribution is -2.29. The first kappa shape index (κ1) is 65.8. The highest BCUT2D eigenvalue weighted by atomic mass is 79.9. The van der Waals surface area contributed by atoms with E-state index in [0.717, 1.165) is 65.9 Å². The minimum atomic E-state index is -3.44. The summed E-state index contributed by atoms with van der Waals surface area (Å²) in [7, 11) is -8.09. The SMILES string of the molecule is CCCN(C)CCCOc1cccc(COP(N)(=O)N(CCCl)CCCl)c1.NP(=O)(OCc1cccc(OCCCBr)c1)N(CCCl)CCCl.NP(=O)(OCc1ccccc1)N(CCCl)CCCl. The van der Waals surface area contributed by atoms with Crippen LogP contribution in [-0.2, 0) is 47.1 Å². The molecule has 3 aromatic carbocycles. The zero-order valence-corrected chi connectivity index (χ0v) is 47.8. The van der Waals surface area contributed by atoms with Gasteiger partial charge in [-0.3, -0.25) is 13.7 Å². The highest BCUT2D eigenvalue weighted by Crippen LogP contribution is 2.45. The van der Waals surface area contributed by atoms with Crippen molar-refractivity contribution in [3.8, 4) is 11.5 Å². The molecular formula is C43H71BrCl6N7O8P3. The van der Waals surface area contributed by atoms with Crippen LogP contribution in [0.3, 0.4) is 0 Å². The minimum absolute atomic E-state index is 0.129. The summed E-state index contributed by atoms with van der Waals surface area (Å²) >= 11 is 37.5. The second kappa shape index (κ2) is 39.3. The fourth-order valence-electron chi connectivity index (χ4n) is 5.79. The molecule has 0 saturated heterocycles. The third-order valence-corrected chi connectivity index (χ3v) is 15.9. The van der Waals surface area contributed by atoms with Gasteiger partial charge in [0, 0.05) is 86.4 Å². The normalized spacial score (nSPS) is 14.1. The second-order valence-electron chi connectivity index (χ2n) is 14.7. The van der Waals surface area contributed by atoms with E-state index in [1.54, 1.807) is 0 Å². The molecule has 6 N–H and O–H groups in total. The Morgan fingerprint density at radius 2 is 0.853 bits per heavy atom. The van der Waals surface area contributed by atoms with Crippen molar-refractivity contribution in [1.82, 2.24) is 18.9 Å². The van der Waals surface area contributed by atoms with Gasteiger partial charge in [0.1, 0.15) is 11.5 Å². The Morgan fingerprint density at radius 3 is 1.21 bits per heavy atom. The molecule has 0 spiro atoms. The number of benzene rings is 3. The van der Waals surface area contributed by atoms with Gasteiger partial charge >= 0.3 is 23.0 Å². The molecule has 0 aromatic heterocycles. The topological polar surface area (TPSA) is 188 Å². The van der Waals surface area contributed by atoms with E-state index in [4.69, 9.17) is 109 Å². The maximum atomic E-state index is 12.6. The molecule has 0 aliphatic carbocycles. The number of hydrogen-bond donors (Lipinski definition) is 3. The Balaban J connectivity index is 0.000000520. The van der Waals surface area contributed by atoms with Crippen LogP contribution in [0, 0.1) is 0 Å². The van der Waals surface area contributed by atoms with Gasteiger partial charge in [-0.05, 0) is 73.8 Å². The number of hydrogen-bond acceptors (Lipinski definition) is 9.